The third-order valence-corrected chi connectivity index (χ3v) is 3.16. The van der Waals surface area contributed by atoms with Crippen LogP contribution in [-0.4, -0.2) is 12.1 Å². The third-order valence-electron chi connectivity index (χ3n) is 2.34. The molecule has 0 saturated carbocycles. The number of benzene rings is 1. The second-order valence-electron chi connectivity index (χ2n) is 3.57. The van der Waals surface area contributed by atoms with Crippen molar-refractivity contribution in [3.8, 4) is 17.0 Å². The second-order valence-corrected chi connectivity index (χ2v) is 4.82. The highest BCUT2D eigenvalue weighted by Crippen LogP contribution is 2.41. The zero-order valence-electron chi connectivity index (χ0n) is 9.38. The Balaban J connectivity index is 2.72. The van der Waals surface area contributed by atoms with Crippen molar-refractivity contribution in [1.29, 1.82) is 0 Å². The van der Waals surface area contributed by atoms with Crippen LogP contribution in [0.3, 0.4) is 0 Å². The fraction of sp³-hybridized carbons (Fsp3) is 0.0833. The van der Waals surface area contributed by atoms with Gasteiger partial charge in [-0.15, -0.1) is 0 Å². The van der Waals surface area contributed by atoms with Crippen LogP contribution < -0.4 is 10.5 Å². The molecular weight excluding hydrogens is 295 g/mol. The van der Waals surface area contributed by atoms with Crippen LogP contribution in [0.4, 0.5) is 5.69 Å². The fourth-order valence-corrected chi connectivity index (χ4v) is 2.63. The van der Waals surface area contributed by atoms with E-state index < -0.39 is 0 Å². The molecular formula is C12H9Cl3N2O. The van der Waals surface area contributed by atoms with Crippen LogP contribution in [0.15, 0.2) is 24.4 Å². The molecule has 2 rings (SSSR count). The van der Waals surface area contributed by atoms with Gasteiger partial charge in [-0.25, -0.2) is 4.98 Å². The van der Waals surface area contributed by atoms with Crippen molar-refractivity contribution in [3.05, 3.63) is 39.5 Å². The van der Waals surface area contributed by atoms with E-state index in [2.05, 4.69) is 4.98 Å². The smallest absolute Gasteiger partial charge is 0.221 e. The van der Waals surface area contributed by atoms with Crippen LogP contribution in [0.25, 0.3) is 11.1 Å². The maximum Gasteiger partial charge on any atom is 0.221 e. The van der Waals surface area contributed by atoms with E-state index in [1.807, 2.05) is 0 Å². The Hall–Kier alpha value is -1.16. The SMILES string of the molecule is COc1ncc(N)cc1-c1c(Cl)cc(Cl)cc1Cl. The number of nitrogen functional groups attached to an aromatic ring is 1. The van der Waals surface area contributed by atoms with Crippen LogP contribution >= 0.6 is 34.8 Å². The zero-order valence-corrected chi connectivity index (χ0v) is 11.6. The minimum atomic E-state index is 0.398. The Labute approximate surface area is 119 Å². The van der Waals surface area contributed by atoms with E-state index in [-0.39, 0.29) is 0 Å². The Kier molecular flexibility index (Phi) is 3.85. The molecule has 0 radical (unpaired) electrons. The lowest BCUT2D eigenvalue weighted by Crippen LogP contribution is -1.95. The molecule has 0 saturated heterocycles. The predicted molar refractivity (Wildman–Crippen MR) is 75.7 cm³/mol. The van der Waals surface area contributed by atoms with Gasteiger partial charge in [0.1, 0.15) is 0 Å². The van der Waals surface area contributed by atoms with Crippen LogP contribution in [0.5, 0.6) is 5.88 Å². The highest BCUT2D eigenvalue weighted by Gasteiger charge is 2.15. The summed E-state index contributed by atoms with van der Waals surface area (Å²) in [4.78, 5) is 4.08. The minimum absolute atomic E-state index is 0.398. The van der Waals surface area contributed by atoms with E-state index >= 15 is 0 Å². The van der Waals surface area contributed by atoms with E-state index in [0.29, 0.717) is 37.8 Å². The van der Waals surface area contributed by atoms with Crippen molar-refractivity contribution < 1.29 is 4.74 Å². The summed E-state index contributed by atoms with van der Waals surface area (Å²) in [5.74, 6) is 0.398. The van der Waals surface area contributed by atoms with E-state index in [4.69, 9.17) is 45.3 Å². The van der Waals surface area contributed by atoms with E-state index in [9.17, 15) is 0 Å². The van der Waals surface area contributed by atoms with Gasteiger partial charge in [0.05, 0.1) is 29.0 Å². The molecule has 3 nitrogen and oxygen atoms in total. The largest absolute Gasteiger partial charge is 0.481 e. The normalized spacial score (nSPS) is 10.4. The second kappa shape index (κ2) is 5.22. The number of pyridine rings is 1. The number of halogens is 3. The van der Waals surface area contributed by atoms with Crippen molar-refractivity contribution in [1.82, 2.24) is 4.98 Å². The summed E-state index contributed by atoms with van der Waals surface area (Å²) < 4.78 is 5.18. The van der Waals surface area contributed by atoms with Crippen molar-refractivity contribution in [2.45, 2.75) is 0 Å². The van der Waals surface area contributed by atoms with Gasteiger partial charge in [0, 0.05) is 16.1 Å². The summed E-state index contributed by atoms with van der Waals surface area (Å²) in [7, 11) is 1.51. The van der Waals surface area contributed by atoms with E-state index in [0.717, 1.165) is 0 Å². The van der Waals surface area contributed by atoms with Gasteiger partial charge in [-0.3, -0.25) is 0 Å². The average molecular weight is 304 g/mol. The van der Waals surface area contributed by atoms with Gasteiger partial charge >= 0.3 is 0 Å². The molecule has 0 spiro atoms. The molecule has 1 heterocycles. The highest BCUT2D eigenvalue weighted by atomic mass is 35.5. The number of methoxy groups -OCH3 is 1. The number of hydrogen-bond acceptors (Lipinski definition) is 3. The highest BCUT2D eigenvalue weighted by molar-refractivity contribution is 6.41. The maximum absolute atomic E-state index is 6.16. The molecule has 6 heteroatoms. The van der Waals surface area contributed by atoms with Crippen molar-refractivity contribution in [3.63, 3.8) is 0 Å². The van der Waals surface area contributed by atoms with Gasteiger partial charge in [0.2, 0.25) is 5.88 Å². The standard InChI is InChI=1S/C12H9Cl3N2O/c1-18-12-8(4-7(16)5-17-12)11-9(14)2-6(13)3-10(11)15/h2-5H,16H2,1H3. The lowest BCUT2D eigenvalue weighted by atomic mass is 10.1. The zero-order chi connectivity index (χ0) is 13.3. The Morgan fingerprint density at radius 2 is 1.72 bits per heavy atom. The maximum atomic E-state index is 6.16. The van der Waals surface area contributed by atoms with Crippen molar-refractivity contribution >= 4 is 40.5 Å². The lowest BCUT2D eigenvalue weighted by Gasteiger charge is -2.12. The molecule has 0 unspecified atom stereocenters. The molecule has 2 N–H and O–H groups in total. The summed E-state index contributed by atoms with van der Waals surface area (Å²) in [5, 5.41) is 1.29. The molecule has 0 aliphatic carbocycles. The Bertz CT molecular complexity index is 579. The van der Waals surface area contributed by atoms with Crippen molar-refractivity contribution in [2.24, 2.45) is 0 Å². The average Bonchev–Trinajstić information content (AvgIpc) is 2.28. The molecule has 0 aliphatic heterocycles. The van der Waals surface area contributed by atoms with E-state index in [1.54, 1.807) is 18.2 Å². The Morgan fingerprint density at radius 3 is 2.28 bits per heavy atom. The number of nitrogens with two attached hydrogens (primary N) is 1. The van der Waals surface area contributed by atoms with Gasteiger partial charge < -0.3 is 10.5 Å². The molecule has 18 heavy (non-hydrogen) atoms. The first-order valence-electron chi connectivity index (χ1n) is 4.97. The van der Waals surface area contributed by atoms with E-state index in [1.165, 1.54) is 13.3 Å². The number of anilines is 1. The van der Waals surface area contributed by atoms with Gasteiger partial charge in [-0.1, -0.05) is 34.8 Å². The quantitative estimate of drug-likeness (QED) is 0.900. The summed E-state index contributed by atoms with van der Waals surface area (Å²) in [6.07, 6.45) is 1.50. The molecule has 2 aromatic rings. The first kappa shape index (κ1) is 13.3. The molecule has 94 valence electrons. The van der Waals surface area contributed by atoms with Crippen LogP contribution in [0, 0.1) is 0 Å². The molecule has 0 amide bonds. The van der Waals surface area contributed by atoms with Gasteiger partial charge in [-0.05, 0) is 18.2 Å². The monoisotopic (exact) mass is 302 g/mol. The molecule has 0 aliphatic rings. The van der Waals surface area contributed by atoms with Crippen LogP contribution in [0.1, 0.15) is 0 Å². The predicted octanol–water partition coefficient (Wildman–Crippen LogP) is 4.30. The molecule has 0 atom stereocenters. The van der Waals surface area contributed by atoms with Gasteiger partial charge in [0.25, 0.3) is 0 Å². The number of aromatic nitrogens is 1. The van der Waals surface area contributed by atoms with Crippen molar-refractivity contribution in [2.75, 3.05) is 12.8 Å². The first-order valence-corrected chi connectivity index (χ1v) is 6.10. The molecule has 1 aromatic carbocycles. The minimum Gasteiger partial charge on any atom is -0.481 e. The van der Waals surface area contributed by atoms with Gasteiger partial charge in [-0.2, -0.15) is 0 Å². The number of hydrogen-bond donors (Lipinski definition) is 1. The topological polar surface area (TPSA) is 48.1 Å². The third kappa shape index (κ3) is 2.48. The number of rotatable bonds is 2. The lowest BCUT2D eigenvalue weighted by molar-refractivity contribution is 0.400. The Morgan fingerprint density at radius 1 is 1.11 bits per heavy atom. The molecule has 0 bridgehead atoms. The van der Waals surface area contributed by atoms with Crippen LogP contribution in [0.2, 0.25) is 15.1 Å². The van der Waals surface area contributed by atoms with Crippen LogP contribution in [-0.2, 0) is 0 Å². The number of ether oxygens (including phenoxy) is 1. The summed E-state index contributed by atoms with van der Waals surface area (Å²) in [6.45, 7) is 0. The summed E-state index contributed by atoms with van der Waals surface area (Å²) >= 11 is 18.2. The fourth-order valence-electron chi connectivity index (χ4n) is 1.61. The first-order chi connectivity index (χ1) is 8.52. The molecule has 1 aromatic heterocycles. The summed E-state index contributed by atoms with van der Waals surface area (Å²) in [6, 6.07) is 4.91. The number of nitrogens with zero attached hydrogens (tertiary/aromatic N) is 1. The summed E-state index contributed by atoms with van der Waals surface area (Å²) in [5.41, 5.74) is 7.44. The van der Waals surface area contributed by atoms with Gasteiger partial charge in [0.15, 0.2) is 0 Å². The molecule has 0 fully saturated rings.